The predicted molar refractivity (Wildman–Crippen MR) is 93.0 cm³/mol. The smallest absolute Gasteiger partial charge is 0.219 e. The van der Waals surface area contributed by atoms with Crippen LogP contribution in [0, 0.1) is 0 Å². The molecule has 1 aromatic heterocycles. The first-order chi connectivity index (χ1) is 12.0. The van der Waals surface area contributed by atoms with Crippen molar-refractivity contribution < 1.29 is 14.6 Å². The minimum atomic E-state index is -0.694. The molecule has 0 bridgehead atoms. The van der Waals surface area contributed by atoms with Crippen molar-refractivity contribution in [3.63, 3.8) is 0 Å². The van der Waals surface area contributed by atoms with Gasteiger partial charge in [-0.15, -0.1) is 0 Å². The molecule has 0 spiro atoms. The van der Waals surface area contributed by atoms with Crippen LogP contribution in [0.1, 0.15) is 31.9 Å². The highest BCUT2D eigenvalue weighted by molar-refractivity contribution is 5.73. The van der Waals surface area contributed by atoms with E-state index in [2.05, 4.69) is 14.9 Å². The maximum atomic E-state index is 11.4. The van der Waals surface area contributed by atoms with Crippen LogP contribution in [0.5, 0.6) is 0 Å². The number of aryl methyl sites for hydroxylation is 1. The zero-order chi connectivity index (χ0) is 17.7. The van der Waals surface area contributed by atoms with Crippen molar-refractivity contribution in [2.75, 3.05) is 39.3 Å². The number of hydrogen-bond acceptors (Lipinski definition) is 6. The van der Waals surface area contributed by atoms with Gasteiger partial charge in [0.05, 0.1) is 18.3 Å². The average molecular weight is 348 g/mol. The summed E-state index contributed by atoms with van der Waals surface area (Å²) < 4.78 is 5.88. The quantitative estimate of drug-likeness (QED) is 0.834. The molecule has 138 valence electrons. The molecule has 2 aliphatic heterocycles. The van der Waals surface area contributed by atoms with E-state index in [4.69, 9.17) is 4.74 Å². The standard InChI is InChI=1S/C18H28N4O3/c1-15(23)22-8-5-18(24,6-9-22)13-21-10-11-25-17(12-21)3-2-16-4-7-19-14-20-16/h4,7,14,17,24H,2-3,5-6,8-13H2,1H3/t17-/m1/s1. The van der Waals surface area contributed by atoms with Crippen molar-refractivity contribution in [1.82, 2.24) is 19.8 Å². The maximum absolute atomic E-state index is 11.4. The molecule has 2 saturated heterocycles. The lowest BCUT2D eigenvalue weighted by Crippen LogP contribution is -2.54. The normalized spacial score (nSPS) is 24.2. The number of likely N-dealkylation sites (tertiary alicyclic amines) is 1. The van der Waals surface area contributed by atoms with Gasteiger partial charge in [-0.3, -0.25) is 9.69 Å². The molecule has 0 aromatic carbocycles. The number of nitrogens with zero attached hydrogens (tertiary/aromatic N) is 4. The largest absolute Gasteiger partial charge is 0.388 e. The van der Waals surface area contributed by atoms with E-state index in [0.29, 0.717) is 39.1 Å². The number of rotatable bonds is 5. The van der Waals surface area contributed by atoms with E-state index in [0.717, 1.165) is 31.6 Å². The van der Waals surface area contributed by atoms with Gasteiger partial charge >= 0.3 is 0 Å². The Morgan fingerprint density at radius 3 is 2.88 bits per heavy atom. The highest BCUT2D eigenvalue weighted by Crippen LogP contribution is 2.24. The first kappa shape index (κ1) is 18.2. The predicted octanol–water partition coefficient (Wildman–Crippen LogP) is 0.483. The van der Waals surface area contributed by atoms with Crippen LogP contribution in [-0.2, 0) is 16.0 Å². The maximum Gasteiger partial charge on any atom is 0.219 e. The third-order valence-corrected chi connectivity index (χ3v) is 5.25. The van der Waals surface area contributed by atoms with Crippen molar-refractivity contribution in [3.05, 3.63) is 24.3 Å². The molecule has 1 N–H and O–H groups in total. The zero-order valence-electron chi connectivity index (χ0n) is 14.9. The van der Waals surface area contributed by atoms with Gasteiger partial charge in [0.15, 0.2) is 0 Å². The third kappa shape index (κ3) is 5.20. The Morgan fingerprint density at radius 1 is 1.40 bits per heavy atom. The van der Waals surface area contributed by atoms with E-state index < -0.39 is 5.60 Å². The first-order valence-electron chi connectivity index (χ1n) is 9.11. The summed E-state index contributed by atoms with van der Waals surface area (Å²) in [6.45, 7) is 5.93. The number of hydrogen-bond donors (Lipinski definition) is 1. The second kappa shape index (κ2) is 8.21. The Kier molecular flexibility index (Phi) is 5.98. The van der Waals surface area contributed by atoms with Gasteiger partial charge in [0, 0.05) is 51.5 Å². The molecular weight excluding hydrogens is 320 g/mol. The average Bonchev–Trinajstić information content (AvgIpc) is 2.61. The Bertz CT molecular complexity index is 561. The van der Waals surface area contributed by atoms with E-state index >= 15 is 0 Å². The van der Waals surface area contributed by atoms with Gasteiger partial charge in [-0.2, -0.15) is 0 Å². The van der Waals surface area contributed by atoms with Crippen molar-refractivity contribution in [2.45, 2.75) is 44.3 Å². The van der Waals surface area contributed by atoms with Crippen molar-refractivity contribution in [2.24, 2.45) is 0 Å². The number of ether oxygens (including phenoxy) is 1. The summed E-state index contributed by atoms with van der Waals surface area (Å²) >= 11 is 0. The van der Waals surface area contributed by atoms with Crippen molar-refractivity contribution in [3.8, 4) is 0 Å². The Hall–Kier alpha value is -1.57. The van der Waals surface area contributed by atoms with Gasteiger partial charge in [-0.05, 0) is 31.7 Å². The second-order valence-corrected chi connectivity index (χ2v) is 7.20. The molecule has 1 aromatic rings. The zero-order valence-corrected chi connectivity index (χ0v) is 14.9. The van der Waals surface area contributed by atoms with Gasteiger partial charge < -0.3 is 14.7 Å². The van der Waals surface area contributed by atoms with Gasteiger partial charge in [0.1, 0.15) is 6.33 Å². The van der Waals surface area contributed by atoms with Crippen LogP contribution in [0.4, 0.5) is 0 Å². The van der Waals surface area contributed by atoms with Crippen LogP contribution in [0.2, 0.25) is 0 Å². The van der Waals surface area contributed by atoms with Crippen LogP contribution in [0.15, 0.2) is 18.6 Å². The molecule has 3 heterocycles. The number of carbonyl (C=O) groups is 1. The number of morpholine rings is 1. The van der Waals surface area contributed by atoms with Gasteiger partial charge in [0.25, 0.3) is 0 Å². The number of piperidine rings is 1. The van der Waals surface area contributed by atoms with E-state index in [1.165, 1.54) is 0 Å². The minimum absolute atomic E-state index is 0.0956. The molecule has 7 nitrogen and oxygen atoms in total. The topological polar surface area (TPSA) is 78.8 Å². The summed E-state index contributed by atoms with van der Waals surface area (Å²) in [6, 6.07) is 1.94. The highest BCUT2D eigenvalue weighted by Gasteiger charge is 2.36. The van der Waals surface area contributed by atoms with Crippen LogP contribution in [-0.4, -0.2) is 81.8 Å². The summed E-state index contributed by atoms with van der Waals surface area (Å²) in [7, 11) is 0. The Balaban J connectivity index is 1.46. The molecule has 0 saturated carbocycles. The van der Waals surface area contributed by atoms with Gasteiger partial charge in [-0.25, -0.2) is 9.97 Å². The molecule has 2 aliphatic rings. The number of carbonyl (C=O) groups excluding carboxylic acids is 1. The molecule has 7 heteroatoms. The molecule has 3 rings (SSSR count). The third-order valence-electron chi connectivity index (χ3n) is 5.25. The molecule has 0 aliphatic carbocycles. The van der Waals surface area contributed by atoms with Crippen LogP contribution in [0.3, 0.4) is 0 Å². The lowest BCUT2D eigenvalue weighted by molar-refractivity contribution is -0.134. The first-order valence-corrected chi connectivity index (χ1v) is 9.11. The van der Waals surface area contributed by atoms with Crippen molar-refractivity contribution >= 4 is 5.91 Å². The van der Waals surface area contributed by atoms with Crippen LogP contribution >= 0.6 is 0 Å². The van der Waals surface area contributed by atoms with E-state index in [9.17, 15) is 9.90 Å². The van der Waals surface area contributed by atoms with E-state index in [1.807, 2.05) is 11.0 Å². The highest BCUT2D eigenvalue weighted by atomic mass is 16.5. The second-order valence-electron chi connectivity index (χ2n) is 7.20. The Labute approximate surface area is 149 Å². The molecular formula is C18H28N4O3. The number of β-amino-alcohol motifs (C(OH)–C–C–N with tert-alkyl or cyclic N) is 1. The molecule has 25 heavy (non-hydrogen) atoms. The molecule has 0 unspecified atom stereocenters. The van der Waals surface area contributed by atoms with E-state index in [-0.39, 0.29) is 12.0 Å². The fourth-order valence-corrected chi connectivity index (χ4v) is 3.69. The lowest BCUT2D eigenvalue weighted by Gasteiger charge is -2.42. The summed E-state index contributed by atoms with van der Waals surface area (Å²) in [6.07, 6.45) is 6.60. The summed E-state index contributed by atoms with van der Waals surface area (Å²) in [5.41, 5.74) is 0.339. The van der Waals surface area contributed by atoms with Crippen LogP contribution in [0.25, 0.3) is 0 Å². The number of aliphatic hydroxyl groups is 1. The molecule has 0 radical (unpaired) electrons. The SMILES string of the molecule is CC(=O)N1CCC(O)(CN2CCO[C@H](CCc3ccncn3)C2)CC1. The summed E-state index contributed by atoms with van der Waals surface area (Å²) in [4.78, 5) is 23.8. The lowest BCUT2D eigenvalue weighted by atomic mass is 9.90. The van der Waals surface area contributed by atoms with E-state index in [1.54, 1.807) is 19.4 Å². The summed E-state index contributed by atoms with van der Waals surface area (Å²) in [5, 5.41) is 10.9. The van der Waals surface area contributed by atoms with Gasteiger partial charge in [0.2, 0.25) is 5.91 Å². The fourth-order valence-electron chi connectivity index (χ4n) is 3.69. The van der Waals surface area contributed by atoms with Gasteiger partial charge in [-0.1, -0.05) is 0 Å². The number of amides is 1. The molecule has 2 fully saturated rings. The monoisotopic (exact) mass is 348 g/mol. The van der Waals surface area contributed by atoms with Crippen LogP contribution < -0.4 is 0 Å². The molecule has 1 amide bonds. The molecule has 1 atom stereocenters. The summed E-state index contributed by atoms with van der Waals surface area (Å²) in [5.74, 6) is 0.0956. The fraction of sp³-hybridized carbons (Fsp3) is 0.722. The number of aromatic nitrogens is 2. The Morgan fingerprint density at radius 2 is 2.20 bits per heavy atom. The minimum Gasteiger partial charge on any atom is -0.388 e. The van der Waals surface area contributed by atoms with Crippen molar-refractivity contribution in [1.29, 1.82) is 0 Å².